The third kappa shape index (κ3) is 5.67. The first-order chi connectivity index (χ1) is 12.9. The van der Waals surface area contributed by atoms with E-state index in [1.807, 2.05) is 38.1 Å². The summed E-state index contributed by atoms with van der Waals surface area (Å²) in [5, 5.41) is 2.87. The number of rotatable bonds is 9. The monoisotopic (exact) mass is 388 g/mol. The van der Waals surface area contributed by atoms with Gasteiger partial charge < -0.3 is 10.1 Å². The smallest absolute Gasteiger partial charge is 0.251 e. The molecular weight excluding hydrogens is 364 g/mol. The van der Waals surface area contributed by atoms with Crippen molar-refractivity contribution in [2.75, 3.05) is 13.2 Å². The van der Waals surface area contributed by atoms with Gasteiger partial charge in [-0.15, -0.1) is 6.58 Å². The molecule has 0 saturated heterocycles. The SMILES string of the molecule is C=CCNS(=O)(=O)c1cccc(C(=O)NC(C)c2ccc(OCC)cc2)c1. The average Bonchev–Trinajstić information content (AvgIpc) is 2.67. The van der Waals surface area contributed by atoms with Crippen LogP contribution >= 0.6 is 0 Å². The van der Waals surface area contributed by atoms with Crippen LogP contribution in [0.25, 0.3) is 0 Å². The lowest BCUT2D eigenvalue weighted by Crippen LogP contribution is -2.27. The lowest BCUT2D eigenvalue weighted by molar-refractivity contribution is 0.0939. The fourth-order valence-electron chi connectivity index (χ4n) is 2.44. The van der Waals surface area contributed by atoms with E-state index in [9.17, 15) is 13.2 Å². The predicted octanol–water partition coefficient (Wildman–Crippen LogP) is 3.04. The van der Waals surface area contributed by atoms with Crippen LogP contribution in [0.4, 0.5) is 0 Å². The van der Waals surface area contributed by atoms with Crippen LogP contribution in [0.15, 0.2) is 66.1 Å². The van der Waals surface area contributed by atoms with Gasteiger partial charge in [-0.3, -0.25) is 4.79 Å². The van der Waals surface area contributed by atoms with Gasteiger partial charge in [-0.1, -0.05) is 24.3 Å². The van der Waals surface area contributed by atoms with Crippen molar-refractivity contribution in [2.45, 2.75) is 24.8 Å². The molecule has 7 heteroatoms. The largest absolute Gasteiger partial charge is 0.494 e. The molecule has 0 bridgehead atoms. The van der Waals surface area contributed by atoms with E-state index < -0.39 is 10.0 Å². The molecule has 6 nitrogen and oxygen atoms in total. The Labute approximate surface area is 160 Å². The summed E-state index contributed by atoms with van der Waals surface area (Å²) in [5.41, 5.74) is 1.19. The van der Waals surface area contributed by atoms with Crippen LogP contribution in [0.2, 0.25) is 0 Å². The molecule has 1 atom stereocenters. The molecule has 1 unspecified atom stereocenters. The highest BCUT2D eigenvalue weighted by molar-refractivity contribution is 7.89. The zero-order valence-electron chi connectivity index (χ0n) is 15.4. The fraction of sp³-hybridized carbons (Fsp3) is 0.250. The molecule has 0 aliphatic rings. The van der Waals surface area contributed by atoms with Crippen molar-refractivity contribution < 1.29 is 17.9 Å². The summed E-state index contributed by atoms with van der Waals surface area (Å²) in [4.78, 5) is 12.6. The Hall–Kier alpha value is -2.64. The van der Waals surface area contributed by atoms with Crippen molar-refractivity contribution in [2.24, 2.45) is 0 Å². The highest BCUT2D eigenvalue weighted by Gasteiger charge is 2.17. The number of carbonyl (C=O) groups is 1. The quantitative estimate of drug-likeness (QED) is 0.647. The zero-order chi connectivity index (χ0) is 19.9. The molecule has 2 rings (SSSR count). The standard InChI is InChI=1S/C20H24N2O4S/c1-4-13-21-27(24,25)19-8-6-7-17(14-19)20(23)22-15(3)16-9-11-18(12-10-16)26-5-2/h4,6-12,14-15,21H,1,5,13H2,2-3H3,(H,22,23). The van der Waals surface area contributed by atoms with Crippen molar-refractivity contribution in [3.8, 4) is 5.75 Å². The molecule has 0 fully saturated rings. The molecule has 2 N–H and O–H groups in total. The van der Waals surface area contributed by atoms with E-state index in [0.29, 0.717) is 6.61 Å². The zero-order valence-corrected chi connectivity index (χ0v) is 16.3. The highest BCUT2D eigenvalue weighted by Crippen LogP contribution is 2.19. The van der Waals surface area contributed by atoms with Gasteiger partial charge in [-0.25, -0.2) is 13.1 Å². The number of amides is 1. The fourth-order valence-corrected chi connectivity index (χ4v) is 3.48. The van der Waals surface area contributed by atoms with Crippen LogP contribution in [-0.2, 0) is 10.0 Å². The Morgan fingerprint density at radius 2 is 1.93 bits per heavy atom. The van der Waals surface area contributed by atoms with E-state index in [1.54, 1.807) is 12.1 Å². The van der Waals surface area contributed by atoms with Crippen molar-refractivity contribution in [3.05, 3.63) is 72.3 Å². The topological polar surface area (TPSA) is 84.5 Å². The summed E-state index contributed by atoms with van der Waals surface area (Å²) >= 11 is 0. The Morgan fingerprint density at radius 1 is 1.22 bits per heavy atom. The average molecular weight is 388 g/mol. The Kier molecular flexibility index (Phi) is 7.15. The second-order valence-corrected chi connectivity index (χ2v) is 7.63. The Morgan fingerprint density at radius 3 is 2.56 bits per heavy atom. The minimum absolute atomic E-state index is 0.0331. The van der Waals surface area contributed by atoms with Crippen molar-refractivity contribution in [1.82, 2.24) is 10.0 Å². The maximum atomic E-state index is 12.5. The van der Waals surface area contributed by atoms with Gasteiger partial charge in [0.15, 0.2) is 0 Å². The van der Waals surface area contributed by atoms with Gasteiger partial charge in [-0.2, -0.15) is 0 Å². The third-order valence-electron chi connectivity index (χ3n) is 3.86. The second-order valence-electron chi connectivity index (χ2n) is 5.87. The van der Waals surface area contributed by atoms with E-state index >= 15 is 0 Å². The number of ether oxygens (including phenoxy) is 1. The van der Waals surface area contributed by atoms with Crippen molar-refractivity contribution in [3.63, 3.8) is 0 Å². The van der Waals surface area contributed by atoms with Crippen LogP contribution < -0.4 is 14.8 Å². The van der Waals surface area contributed by atoms with E-state index in [4.69, 9.17) is 4.74 Å². The van der Waals surface area contributed by atoms with Gasteiger partial charge >= 0.3 is 0 Å². The first-order valence-electron chi connectivity index (χ1n) is 8.61. The summed E-state index contributed by atoms with van der Waals surface area (Å²) < 4.78 is 32.2. The summed E-state index contributed by atoms with van der Waals surface area (Å²) in [6.45, 7) is 7.97. The minimum Gasteiger partial charge on any atom is -0.494 e. The lowest BCUT2D eigenvalue weighted by atomic mass is 10.1. The van der Waals surface area contributed by atoms with E-state index in [-0.39, 0.29) is 29.0 Å². The van der Waals surface area contributed by atoms with Crippen LogP contribution in [-0.4, -0.2) is 27.5 Å². The first kappa shape index (κ1) is 20.7. The Bertz CT molecular complexity index is 892. The third-order valence-corrected chi connectivity index (χ3v) is 5.28. The molecule has 0 radical (unpaired) electrons. The van der Waals surface area contributed by atoms with Gasteiger partial charge in [0.25, 0.3) is 5.91 Å². The molecule has 0 spiro atoms. The van der Waals surface area contributed by atoms with E-state index in [2.05, 4.69) is 16.6 Å². The predicted molar refractivity (Wildman–Crippen MR) is 105 cm³/mol. The molecule has 2 aromatic carbocycles. The number of hydrogen-bond donors (Lipinski definition) is 2. The van der Waals surface area contributed by atoms with Gasteiger partial charge in [0.1, 0.15) is 5.75 Å². The maximum absolute atomic E-state index is 12.5. The van der Waals surface area contributed by atoms with Crippen LogP contribution in [0.3, 0.4) is 0 Å². The van der Waals surface area contributed by atoms with Crippen molar-refractivity contribution in [1.29, 1.82) is 0 Å². The number of nitrogens with one attached hydrogen (secondary N) is 2. The van der Waals surface area contributed by atoms with Crippen LogP contribution in [0.1, 0.15) is 35.8 Å². The number of carbonyl (C=O) groups excluding carboxylic acids is 1. The van der Waals surface area contributed by atoms with Crippen molar-refractivity contribution >= 4 is 15.9 Å². The van der Waals surface area contributed by atoms with E-state index in [0.717, 1.165) is 11.3 Å². The molecular formula is C20H24N2O4S. The normalized spacial score (nSPS) is 12.2. The number of sulfonamides is 1. The number of benzene rings is 2. The van der Waals surface area contributed by atoms with Gasteiger partial charge in [-0.05, 0) is 49.7 Å². The van der Waals surface area contributed by atoms with Gasteiger partial charge in [0, 0.05) is 12.1 Å². The first-order valence-corrected chi connectivity index (χ1v) is 10.1. The molecule has 0 aromatic heterocycles. The minimum atomic E-state index is -3.68. The summed E-state index contributed by atoms with van der Waals surface area (Å²) in [5.74, 6) is 0.418. The van der Waals surface area contributed by atoms with Gasteiger partial charge in [0.05, 0.1) is 17.5 Å². The molecule has 1 amide bonds. The lowest BCUT2D eigenvalue weighted by Gasteiger charge is -2.15. The highest BCUT2D eigenvalue weighted by atomic mass is 32.2. The maximum Gasteiger partial charge on any atom is 0.251 e. The molecule has 0 heterocycles. The summed E-state index contributed by atoms with van der Waals surface area (Å²) in [7, 11) is -3.68. The molecule has 144 valence electrons. The van der Waals surface area contributed by atoms with E-state index in [1.165, 1.54) is 18.2 Å². The Balaban J connectivity index is 2.11. The molecule has 2 aromatic rings. The second kappa shape index (κ2) is 9.34. The van der Waals surface area contributed by atoms with Crippen LogP contribution in [0.5, 0.6) is 5.75 Å². The molecule has 0 saturated carbocycles. The van der Waals surface area contributed by atoms with Gasteiger partial charge in [0.2, 0.25) is 10.0 Å². The molecule has 0 aliphatic carbocycles. The molecule has 0 aliphatic heterocycles. The number of hydrogen-bond acceptors (Lipinski definition) is 4. The van der Waals surface area contributed by atoms with Crippen LogP contribution in [0, 0.1) is 0 Å². The summed E-state index contributed by atoms with van der Waals surface area (Å²) in [6, 6.07) is 13.1. The molecule has 27 heavy (non-hydrogen) atoms. The summed E-state index contributed by atoms with van der Waals surface area (Å²) in [6.07, 6.45) is 1.45.